The molecule has 3 aromatic heterocycles. The second-order valence-electron chi connectivity index (χ2n) is 9.78. The molecule has 0 saturated carbocycles. The molecule has 3 heterocycles. The largest absolute Gasteiger partial charge is 0.480 e. The minimum atomic E-state index is -0.703. The number of hydrogen-bond acceptors (Lipinski definition) is 8. The van der Waals surface area contributed by atoms with E-state index in [2.05, 4.69) is 9.97 Å². The molecule has 42 heavy (non-hydrogen) atoms. The Morgan fingerprint density at radius 2 is 1.90 bits per heavy atom. The van der Waals surface area contributed by atoms with Crippen LogP contribution in [0.5, 0.6) is 11.9 Å². The van der Waals surface area contributed by atoms with Gasteiger partial charge in [-0.3, -0.25) is 4.79 Å². The van der Waals surface area contributed by atoms with Crippen molar-refractivity contribution in [3.8, 4) is 29.2 Å². The van der Waals surface area contributed by atoms with Gasteiger partial charge in [-0.1, -0.05) is 17.7 Å². The number of benzene rings is 1. The zero-order chi connectivity index (χ0) is 30.7. The summed E-state index contributed by atoms with van der Waals surface area (Å²) in [5.41, 5.74) is 2.45. The van der Waals surface area contributed by atoms with Crippen molar-refractivity contribution < 1.29 is 23.4 Å². The SMILES string of the molecule is COC(=O)c1cc(-c2cnc(OC)nc2OC)n(C(C)C)c1C(Cc1cc(Cl)c(=O)n(C)c1)c1ccc(C#N)c(F)c1. The molecule has 0 fully saturated rings. The van der Waals surface area contributed by atoms with Crippen LogP contribution in [0.15, 0.2) is 47.5 Å². The minimum Gasteiger partial charge on any atom is -0.480 e. The maximum atomic E-state index is 15.0. The van der Waals surface area contributed by atoms with Gasteiger partial charge < -0.3 is 23.3 Å². The van der Waals surface area contributed by atoms with E-state index in [-0.39, 0.29) is 46.1 Å². The second-order valence-corrected chi connectivity index (χ2v) is 10.2. The van der Waals surface area contributed by atoms with Crippen molar-refractivity contribution in [2.75, 3.05) is 21.3 Å². The molecule has 0 saturated heterocycles. The summed E-state index contributed by atoms with van der Waals surface area (Å²) in [6.45, 7) is 3.87. The lowest BCUT2D eigenvalue weighted by molar-refractivity contribution is 0.0599. The predicted molar refractivity (Wildman–Crippen MR) is 154 cm³/mol. The molecule has 0 N–H and O–H groups in total. The van der Waals surface area contributed by atoms with Crippen molar-refractivity contribution in [1.82, 2.24) is 19.1 Å². The highest BCUT2D eigenvalue weighted by Crippen LogP contribution is 2.41. The summed E-state index contributed by atoms with van der Waals surface area (Å²) in [5, 5.41) is 9.36. The van der Waals surface area contributed by atoms with Gasteiger partial charge >= 0.3 is 12.0 Å². The molecule has 10 nitrogen and oxygen atoms in total. The first-order chi connectivity index (χ1) is 20.0. The smallest absolute Gasteiger partial charge is 0.339 e. The van der Waals surface area contributed by atoms with Crippen LogP contribution in [0.3, 0.4) is 0 Å². The molecule has 218 valence electrons. The maximum absolute atomic E-state index is 15.0. The van der Waals surface area contributed by atoms with E-state index in [1.54, 1.807) is 31.4 Å². The van der Waals surface area contributed by atoms with Gasteiger partial charge in [0.15, 0.2) is 0 Å². The monoisotopic (exact) mass is 593 g/mol. The zero-order valence-electron chi connectivity index (χ0n) is 23.9. The number of halogens is 2. The van der Waals surface area contributed by atoms with Crippen LogP contribution >= 0.6 is 11.6 Å². The predicted octanol–water partition coefficient (Wildman–Crippen LogP) is 5.07. The number of hydrogen-bond donors (Lipinski definition) is 0. The number of aryl methyl sites for hydroxylation is 1. The average molecular weight is 594 g/mol. The Balaban J connectivity index is 2.08. The van der Waals surface area contributed by atoms with Crippen molar-refractivity contribution in [1.29, 1.82) is 5.26 Å². The van der Waals surface area contributed by atoms with E-state index in [1.807, 2.05) is 24.5 Å². The molecule has 0 bridgehead atoms. The highest BCUT2D eigenvalue weighted by molar-refractivity contribution is 6.30. The Hall–Kier alpha value is -4.69. The number of rotatable bonds is 9. The molecule has 12 heteroatoms. The van der Waals surface area contributed by atoms with Crippen LogP contribution in [0, 0.1) is 17.1 Å². The molecule has 0 aliphatic carbocycles. The number of aromatic nitrogens is 4. The molecule has 0 spiro atoms. The van der Waals surface area contributed by atoms with Gasteiger partial charge in [0.2, 0.25) is 5.88 Å². The fourth-order valence-corrected chi connectivity index (χ4v) is 5.28. The van der Waals surface area contributed by atoms with Gasteiger partial charge in [0.1, 0.15) is 16.9 Å². The summed E-state index contributed by atoms with van der Waals surface area (Å²) in [7, 11) is 5.76. The number of methoxy groups -OCH3 is 3. The molecule has 4 aromatic rings. The number of carbonyl (C=O) groups is 1. The molecule has 0 aliphatic heterocycles. The lowest BCUT2D eigenvalue weighted by Gasteiger charge is -2.26. The summed E-state index contributed by atoms with van der Waals surface area (Å²) < 4.78 is 34.2. The van der Waals surface area contributed by atoms with Crippen molar-refractivity contribution in [3.63, 3.8) is 0 Å². The molecule has 1 unspecified atom stereocenters. The third kappa shape index (κ3) is 5.71. The van der Waals surface area contributed by atoms with E-state index in [1.165, 1.54) is 44.2 Å². The number of nitrogens with zero attached hydrogens (tertiary/aromatic N) is 5. The number of ether oxygens (including phenoxy) is 3. The summed E-state index contributed by atoms with van der Waals surface area (Å²) >= 11 is 6.24. The van der Waals surface area contributed by atoms with Crippen LogP contribution in [0.2, 0.25) is 5.02 Å². The van der Waals surface area contributed by atoms with Crippen LogP contribution in [-0.2, 0) is 18.2 Å². The first-order valence-corrected chi connectivity index (χ1v) is 13.3. The van der Waals surface area contributed by atoms with E-state index in [9.17, 15) is 14.9 Å². The zero-order valence-corrected chi connectivity index (χ0v) is 24.7. The highest BCUT2D eigenvalue weighted by atomic mass is 35.5. The van der Waals surface area contributed by atoms with Crippen molar-refractivity contribution in [3.05, 3.63) is 91.9 Å². The lowest BCUT2D eigenvalue weighted by Crippen LogP contribution is -2.20. The van der Waals surface area contributed by atoms with E-state index in [0.29, 0.717) is 28.1 Å². The fraction of sp³-hybridized carbons (Fsp3) is 0.300. The van der Waals surface area contributed by atoms with Gasteiger partial charge in [-0.2, -0.15) is 10.2 Å². The molecule has 1 aromatic carbocycles. The van der Waals surface area contributed by atoms with Crippen LogP contribution in [0.25, 0.3) is 11.3 Å². The Morgan fingerprint density at radius 1 is 1.17 bits per heavy atom. The van der Waals surface area contributed by atoms with Crippen LogP contribution in [0.4, 0.5) is 4.39 Å². The van der Waals surface area contributed by atoms with E-state index in [4.69, 9.17) is 25.8 Å². The Kier molecular flexibility index (Phi) is 8.97. The lowest BCUT2D eigenvalue weighted by atomic mass is 9.87. The van der Waals surface area contributed by atoms with E-state index in [0.717, 1.165) is 0 Å². The third-order valence-electron chi connectivity index (χ3n) is 6.86. The summed E-state index contributed by atoms with van der Waals surface area (Å²) in [6.07, 6.45) is 3.39. The standard InChI is InChI=1S/C30H29ClFN5O5/c1-16(2)37-25(22-14-34-30(42-6)35-27(22)40-4)12-21(29(39)41-5)26(37)20(18-7-8-19(13-33)24(32)11-18)9-17-10-23(31)28(38)36(3)15-17/h7-8,10-12,14-16,20H,9H2,1-6H3. The first kappa shape index (κ1) is 30.3. The first-order valence-electron chi connectivity index (χ1n) is 12.9. The summed E-state index contributed by atoms with van der Waals surface area (Å²) in [6, 6.07) is 9.25. The molecular weight excluding hydrogens is 565 g/mol. The van der Waals surface area contributed by atoms with Crippen LogP contribution in [0.1, 0.15) is 58.5 Å². The highest BCUT2D eigenvalue weighted by Gasteiger charge is 2.32. The fourth-order valence-electron chi connectivity index (χ4n) is 5.01. The molecule has 0 amide bonds. The molecule has 4 rings (SSSR count). The van der Waals surface area contributed by atoms with Crippen molar-refractivity contribution in [2.45, 2.75) is 32.2 Å². The van der Waals surface area contributed by atoms with Gasteiger partial charge in [0.05, 0.1) is 43.7 Å². The Labute approximate surface area is 246 Å². The number of nitriles is 1. The number of esters is 1. The topological polar surface area (TPSA) is 121 Å². The van der Waals surface area contributed by atoms with Crippen LogP contribution < -0.4 is 15.0 Å². The van der Waals surface area contributed by atoms with Gasteiger partial charge in [0.25, 0.3) is 5.56 Å². The third-order valence-corrected chi connectivity index (χ3v) is 7.13. The quantitative estimate of drug-likeness (QED) is 0.247. The summed E-state index contributed by atoms with van der Waals surface area (Å²) in [4.78, 5) is 34.2. The maximum Gasteiger partial charge on any atom is 0.339 e. The van der Waals surface area contributed by atoms with Gasteiger partial charge in [-0.15, -0.1) is 0 Å². The Bertz CT molecular complexity index is 1730. The Morgan fingerprint density at radius 3 is 2.48 bits per heavy atom. The minimum absolute atomic E-state index is 0.0213. The van der Waals surface area contributed by atoms with E-state index >= 15 is 4.39 Å². The number of carbonyl (C=O) groups excluding carboxylic acids is 1. The number of pyridine rings is 1. The van der Waals surface area contributed by atoms with E-state index < -0.39 is 17.7 Å². The van der Waals surface area contributed by atoms with Crippen molar-refractivity contribution >= 4 is 17.6 Å². The van der Waals surface area contributed by atoms with Gasteiger partial charge in [0, 0.05) is 37.1 Å². The van der Waals surface area contributed by atoms with Gasteiger partial charge in [-0.25, -0.2) is 14.2 Å². The average Bonchev–Trinajstić information content (AvgIpc) is 3.38. The molecule has 0 aliphatic rings. The second kappa shape index (κ2) is 12.4. The normalized spacial score (nSPS) is 11.7. The van der Waals surface area contributed by atoms with Crippen LogP contribution in [-0.4, -0.2) is 46.4 Å². The molecule has 1 atom stereocenters. The van der Waals surface area contributed by atoms with Crippen molar-refractivity contribution in [2.24, 2.45) is 7.05 Å². The van der Waals surface area contributed by atoms with Gasteiger partial charge in [-0.05, 0) is 55.7 Å². The summed E-state index contributed by atoms with van der Waals surface area (Å²) in [5.74, 6) is -1.76. The molecular formula is C30H29ClFN5O5. The molecule has 0 radical (unpaired) electrons.